The van der Waals surface area contributed by atoms with Gasteiger partial charge in [0.25, 0.3) is 0 Å². The van der Waals surface area contributed by atoms with Crippen molar-refractivity contribution in [2.45, 2.75) is 57.9 Å². The zero-order valence-electron chi connectivity index (χ0n) is 21.2. The van der Waals surface area contributed by atoms with E-state index in [4.69, 9.17) is 0 Å². The number of nitrogens with one attached hydrogen (secondary N) is 2. The first kappa shape index (κ1) is 24.5. The first-order valence-electron chi connectivity index (χ1n) is 13.5. The largest absolute Gasteiger partial charge is 0.356 e. The molecule has 5 rings (SSSR count). The van der Waals surface area contributed by atoms with Crippen LogP contribution in [0.25, 0.3) is 10.8 Å². The van der Waals surface area contributed by atoms with Crippen molar-refractivity contribution in [3.05, 3.63) is 94.6 Å². The van der Waals surface area contributed by atoms with Crippen molar-refractivity contribution in [1.29, 1.82) is 0 Å². The fourth-order valence-electron chi connectivity index (χ4n) is 5.94. The summed E-state index contributed by atoms with van der Waals surface area (Å²) in [6.07, 6.45) is 18.7. The quantitative estimate of drug-likeness (QED) is 0.444. The van der Waals surface area contributed by atoms with Crippen LogP contribution in [0.1, 0.15) is 61.8 Å². The number of unbranched alkanes of at least 4 members (excludes halogenated alkanes) is 3. The highest BCUT2D eigenvalue weighted by Gasteiger charge is 2.33. The lowest BCUT2D eigenvalue weighted by Crippen LogP contribution is -2.36. The molecule has 2 atom stereocenters. The standard InChI is InChI=1S/C32H36N2O2/c1-2-3-4-5-15-30(36)33-20-18-23-10-6-9-22-16-17-28-26(31(22)23)19-21-34-32(28)27-13-7-12-25-24(27)11-8-14-29(25)35/h6-14,16-17,27,32,34H,2-5,15,18-21H2,1H3,(H,33,36). The van der Waals surface area contributed by atoms with Crippen molar-refractivity contribution >= 4 is 22.5 Å². The number of fused-ring (bicyclic) bond motifs is 4. The van der Waals surface area contributed by atoms with Gasteiger partial charge in [0.05, 0.1) is 0 Å². The molecule has 0 bridgehead atoms. The fourth-order valence-corrected chi connectivity index (χ4v) is 5.94. The van der Waals surface area contributed by atoms with Crippen LogP contribution in [0, 0.1) is 5.92 Å². The maximum Gasteiger partial charge on any atom is 0.220 e. The number of carbonyl (C=O) groups excluding carboxylic acids is 2. The monoisotopic (exact) mass is 480 g/mol. The number of rotatable bonds is 9. The second-order valence-electron chi connectivity index (χ2n) is 10.1. The maximum absolute atomic E-state index is 12.5. The third-order valence-electron chi connectivity index (χ3n) is 7.72. The van der Waals surface area contributed by atoms with Gasteiger partial charge in [0.2, 0.25) is 5.91 Å². The molecular formula is C32H36N2O2. The summed E-state index contributed by atoms with van der Waals surface area (Å²) in [5, 5.41) is 9.48. The number of amides is 1. The summed E-state index contributed by atoms with van der Waals surface area (Å²) in [4.78, 5) is 24.8. The molecule has 3 aliphatic rings. The summed E-state index contributed by atoms with van der Waals surface area (Å²) >= 11 is 0. The Morgan fingerprint density at radius 2 is 2.00 bits per heavy atom. The van der Waals surface area contributed by atoms with E-state index in [0.29, 0.717) is 13.0 Å². The summed E-state index contributed by atoms with van der Waals surface area (Å²) in [6, 6.07) is 11.1. The zero-order valence-corrected chi connectivity index (χ0v) is 21.2. The topological polar surface area (TPSA) is 58.2 Å². The molecule has 2 aliphatic carbocycles. The summed E-state index contributed by atoms with van der Waals surface area (Å²) in [5.41, 5.74) is 5.93. The number of benzene rings is 2. The molecule has 0 aromatic heterocycles. The van der Waals surface area contributed by atoms with Crippen molar-refractivity contribution in [2.24, 2.45) is 5.92 Å². The van der Waals surface area contributed by atoms with Crippen LogP contribution in [-0.2, 0) is 22.4 Å². The molecule has 0 spiro atoms. The average molecular weight is 481 g/mol. The Kier molecular flexibility index (Phi) is 7.62. The van der Waals surface area contributed by atoms with E-state index in [1.165, 1.54) is 40.3 Å². The van der Waals surface area contributed by atoms with E-state index < -0.39 is 0 Å². The predicted octanol–water partition coefficient (Wildman–Crippen LogP) is 5.83. The van der Waals surface area contributed by atoms with Crippen molar-refractivity contribution in [3.8, 4) is 0 Å². The summed E-state index contributed by atoms with van der Waals surface area (Å²) in [5.74, 6) is 0.371. The minimum atomic E-state index is 0.0890. The minimum Gasteiger partial charge on any atom is -0.356 e. The normalized spacial score (nSPS) is 20.5. The molecule has 186 valence electrons. The van der Waals surface area contributed by atoms with Gasteiger partial charge in [0, 0.05) is 30.5 Å². The van der Waals surface area contributed by atoms with E-state index in [2.05, 4.69) is 60.0 Å². The molecule has 0 saturated heterocycles. The molecule has 4 heteroatoms. The molecule has 4 nitrogen and oxygen atoms in total. The second-order valence-corrected chi connectivity index (χ2v) is 10.1. The van der Waals surface area contributed by atoms with Crippen molar-refractivity contribution in [2.75, 3.05) is 13.1 Å². The Bertz CT molecular complexity index is 1280. The van der Waals surface area contributed by atoms with Gasteiger partial charge in [-0.2, -0.15) is 0 Å². The molecule has 1 heterocycles. The summed E-state index contributed by atoms with van der Waals surface area (Å²) in [7, 11) is 0. The fraction of sp³-hybridized carbons (Fsp3) is 0.375. The molecular weight excluding hydrogens is 444 g/mol. The van der Waals surface area contributed by atoms with E-state index in [1.807, 2.05) is 18.2 Å². The maximum atomic E-state index is 12.5. The van der Waals surface area contributed by atoms with E-state index in [-0.39, 0.29) is 23.7 Å². The molecule has 2 unspecified atom stereocenters. The third-order valence-corrected chi connectivity index (χ3v) is 7.72. The number of allylic oxidation sites excluding steroid dienone is 6. The third kappa shape index (κ3) is 5.01. The van der Waals surface area contributed by atoms with E-state index in [0.717, 1.165) is 43.4 Å². The Balaban J connectivity index is 1.38. The highest BCUT2D eigenvalue weighted by molar-refractivity contribution is 6.09. The number of carbonyl (C=O) groups is 2. The Morgan fingerprint density at radius 3 is 2.89 bits per heavy atom. The van der Waals surface area contributed by atoms with Crippen LogP contribution in [-0.4, -0.2) is 24.8 Å². The van der Waals surface area contributed by atoms with Gasteiger partial charge in [-0.1, -0.05) is 86.9 Å². The number of ketones is 1. The van der Waals surface area contributed by atoms with Crippen molar-refractivity contribution in [1.82, 2.24) is 10.6 Å². The second kappa shape index (κ2) is 11.2. The van der Waals surface area contributed by atoms with Gasteiger partial charge in [-0.25, -0.2) is 0 Å². The Morgan fingerprint density at radius 1 is 1.08 bits per heavy atom. The first-order chi connectivity index (χ1) is 17.7. The van der Waals surface area contributed by atoms with E-state index in [9.17, 15) is 9.59 Å². The van der Waals surface area contributed by atoms with Crippen molar-refractivity contribution < 1.29 is 9.59 Å². The van der Waals surface area contributed by atoms with Gasteiger partial charge in [-0.15, -0.1) is 0 Å². The lowest BCUT2D eigenvalue weighted by Gasteiger charge is -2.36. The molecule has 36 heavy (non-hydrogen) atoms. The van der Waals surface area contributed by atoms with E-state index >= 15 is 0 Å². The average Bonchev–Trinajstić information content (AvgIpc) is 2.90. The van der Waals surface area contributed by atoms with Gasteiger partial charge in [0.1, 0.15) is 0 Å². The molecule has 2 aromatic rings. The van der Waals surface area contributed by atoms with Crippen molar-refractivity contribution in [3.63, 3.8) is 0 Å². The molecule has 1 aliphatic heterocycles. The van der Waals surface area contributed by atoms with Crippen LogP contribution in [0.4, 0.5) is 0 Å². The first-order valence-corrected chi connectivity index (χ1v) is 13.5. The smallest absolute Gasteiger partial charge is 0.220 e. The lowest BCUT2D eigenvalue weighted by atomic mass is 9.74. The van der Waals surface area contributed by atoms with Gasteiger partial charge in [0.15, 0.2) is 5.78 Å². The van der Waals surface area contributed by atoms with Crippen LogP contribution in [0.5, 0.6) is 0 Å². The molecule has 2 N–H and O–H groups in total. The highest BCUT2D eigenvalue weighted by atomic mass is 16.1. The number of hydrogen-bond donors (Lipinski definition) is 2. The van der Waals surface area contributed by atoms with Gasteiger partial charge < -0.3 is 10.6 Å². The van der Waals surface area contributed by atoms with Crippen LogP contribution in [0.15, 0.2) is 77.9 Å². The molecule has 1 amide bonds. The molecule has 0 saturated carbocycles. The predicted molar refractivity (Wildman–Crippen MR) is 147 cm³/mol. The summed E-state index contributed by atoms with van der Waals surface area (Å²) in [6.45, 7) is 3.75. The van der Waals surface area contributed by atoms with Gasteiger partial charge >= 0.3 is 0 Å². The summed E-state index contributed by atoms with van der Waals surface area (Å²) < 4.78 is 0. The van der Waals surface area contributed by atoms with Crippen LogP contribution < -0.4 is 10.6 Å². The van der Waals surface area contributed by atoms with Crippen LogP contribution in [0.3, 0.4) is 0 Å². The Labute approximate surface area is 214 Å². The zero-order chi connectivity index (χ0) is 24.9. The highest BCUT2D eigenvalue weighted by Crippen LogP contribution is 2.41. The minimum absolute atomic E-state index is 0.0890. The lowest BCUT2D eigenvalue weighted by molar-refractivity contribution is -0.121. The number of hydrogen-bond acceptors (Lipinski definition) is 3. The molecule has 0 fully saturated rings. The Hall–Kier alpha value is -3.24. The molecule has 0 radical (unpaired) electrons. The van der Waals surface area contributed by atoms with Crippen LogP contribution in [0.2, 0.25) is 0 Å². The van der Waals surface area contributed by atoms with Gasteiger partial charge in [-0.3, -0.25) is 9.59 Å². The van der Waals surface area contributed by atoms with Gasteiger partial charge in [-0.05, 0) is 64.9 Å². The van der Waals surface area contributed by atoms with E-state index in [1.54, 1.807) is 6.08 Å². The van der Waals surface area contributed by atoms with Crippen LogP contribution >= 0.6 is 0 Å². The molecule has 2 aromatic carbocycles. The SMILES string of the molecule is CCCCCCC(=O)NCCc1cccc2ccc3c(c12)CCNC3C1C=CC=C2C(=O)C=CC=C21.